The van der Waals surface area contributed by atoms with Crippen molar-refractivity contribution in [1.29, 1.82) is 0 Å². The number of aromatic nitrogens is 1. The van der Waals surface area contributed by atoms with Crippen LogP contribution < -0.4 is 5.32 Å². The summed E-state index contributed by atoms with van der Waals surface area (Å²) < 4.78 is 39.9. The molecule has 3 aromatic rings. The van der Waals surface area contributed by atoms with Gasteiger partial charge in [0.2, 0.25) is 0 Å². The summed E-state index contributed by atoms with van der Waals surface area (Å²) in [4.78, 5) is 15.7. The van der Waals surface area contributed by atoms with E-state index in [1.165, 1.54) is 0 Å². The summed E-state index contributed by atoms with van der Waals surface area (Å²) in [5.41, 5.74) is 0.0943. The van der Waals surface area contributed by atoms with Gasteiger partial charge in [-0.2, -0.15) is 0 Å². The second-order valence-corrected chi connectivity index (χ2v) is 5.20. The molecule has 0 saturated carbocycles. The number of carbonyl (C=O) groups is 1. The van der Waals surface area contributed by atoms with Crippen LogP contribution in [0.5, 0.6) is 0 Å². The van der Waals surface area contributed by atoms with E-state index >= 15 is 0 Å². The number of halogens is 3. The van der Waals surface area contributed by atoms with Gasteiger partial charge in [-0.25, -0.2) is 18.2 Å². The molecule has 3 nitrogen and oxygen atoms in total. The average molecular weight is 308 g/mol. The molecule has 21 heavy (non-hydrogen) atoms. The van der Waals surface area contributed by atoms with Gasteiger partial charge in [0.05, 0.1) is 4.70 Å². The molecule has 2 aromatic carbocycles. The van der Waals surface area contributed by atoms with Crippen LogP contribution in [0.3, 0.4) is 0 Å². The number of carbonyl (C=O) groups excluding carboxylic acids is 1. The Morgan fingerprint density at radius 2 is 1.81 bits per heavy atom. The molecule has 1 aromatic heterocycles. The van der Waals surface area contributed by atoms with Crippen molar-refractivity contribution in [2.75, 3.05) is 5.32 Å². The minimum Gasteiger partial charge on any atom is -0.298 e. The Balaban J connectivity index is 1.95. The fourth-order valence-corrected chi connectivity index (χ4v) is 2.67. The molecule has 0 unspecified atom stereocenters. The van der Waals surface area contributed by atoms with Crippen LogP contribution in [-0.2, 0) is 0 Å². The third-order valence-corrected chi connectivity index (χ3v) is 3.70. The molecule has 0 saturated heterocycles. The average Bonchev–Trinajstić information content (AvgIpc) is 2.88. The normalized spacial score (nSPS) is 10.8. The number of anilines is 1. The first-order valence-corrected chi connectivity index (χ1v) is 6.68. The van der Waals surface area contributed by atoms with Crippen LogP contribution in [0.2, 0.25) is 0 Å². The molecule has 3 rings (SSSR count). The lowest BCUT2D eigenvalue weighted by Gasteiger charge is -2.00. The van der Waals surface area contributed by atoms with Crippen molar-refractivity contribution in [3.63, 3.8) is 0 Å². The summed E-state index contributed by atoms with van der Waals surface area (Å²) in [7, 11) is 0. The van der Waals surface area contributed by atoms with Crippen LogP contribution in [-0.4, -0.2) is 10.9 Å². The molecule has 0 aliphatic rings. The number of rotatable bonds is 2. The van der Waals surface area contributed by atoms with Gasteiger partial charge in [-0.15, -0.1) is 0 Å². The Hall–Kier alpha value is -2.41. The Bertz CT molecular complexity index is 833. The van der Waals surface area contributed by atoms with Crippen LogP contribution >= 0.6 is 11.3 Å². The van der Waals surface area contributed by atoms with Crippen molar-refractivity contribution < 1.29 is 18.0 Å². The Morgan fingerprint density at radius 3 is 2.52 bits per heavy atom. The first kappa shape index (κ1) is 13.6. The number of nitrogens with zero attached hydrogens (tertiary/aromatic N) is 1. The van der Waals surface area contributed by atoms with E-state index in [1.807, 2.05) is 0 Å². The van der Waals surface area contributed by atoms with Crippen molar-refractivity contribution in [2.45, 2.75) is 0 Å². The predicted molar refractivity (Wildman–Crippen MR) is 73.9 cm³/mol. The number of amides is 1. The van der Waals surface area contributed by atoms with E-state index in [1.54, 1.807) is 30.3 Å². The van der Waals surface area contributed by atoms with Crippen LogP contribution in [0.4, 0.5) is 18.3 Å². The van der Waals surface area contributed by atoms with Crippen LogP contribution in [0, 0.1) is 17.5 Å². The van der Waals surface area contributed by atoms with E-state index in [0.29, 0.717) is 5.56 Å². The lowest BCUT2D eigenvalue weighted by atomic mass is 10.2. The third kappa shape index (κ3) is 2.47. The summed E-state index contributed by atoms with van der Waals surface area (Å²) in [6, 6.07) is 9.19. The van der Waals surface area contributed by atoms with E-state index < -0.39 is 23.4 Å². The summed E-state index contributed by atoms with van der Waals surface area (Å²) in [5.74, 6) is -4.66. The van der Waals surface area contributed by atoms with Gasteiger partial charge in [0.1, 0.15) is 5.52 Å². The first-order valence-electron chi connectivity index (χ1n) is 5.86. The van der Waals surface area contributed by atoms with Crippen molar-refractivity contribution in [3.8, 4) is 0 Å². The Labute approximate surface area is 121 Å². The van der Waals surface area contributed by atoms with Gasteiger partial charge in [0.25, 0.3) is 5.91 Å². The van der Waals surface area contributed by atoms with Gasteiger partial charge in [0, 0.05) is 5.56 Å². The quantitative estimate of drug-likeness (QED) is 0.728. The number of nitrogens with one attached hydrogen (secondary N) is 1. The highest BCUT2D eigenvalue weighted by molar-refractivity contribution is 7.22. The maximum atomic E-state index is 13.5. The molecule has 1 heterocycles. The SMILES string of the molecule is O=C(Nc1nc2c(F)c(F)c(F)cc2s1)c1ccccc1. The topological polar surface area (TPSA) is 42.0 Å². The Kier molecular flexibility index (Phi) is 3.34. The number of hydrogen-bond donors (Lipinski definition) is 1. The highest BCUT2D eigenvalue weighted by atomic mass is 32.1. The predicted octanol–water partition coefficient (Wildman–Crippen LogP) is 3.97. The van der Waals surface area contributed by atoms with Crippen LogP contribution in [0.25, 0.3) is 10.2 Å². The van der Waals surface area contributed by atoms with Crippen molar-refractivity contribution in [1.82, 2.24) is 4.98 Å². The van der Waals surface area contributed by atoms with E-state index in [0.717, 1.165) is 17.4 Å². The third-order valence-electron chi connectivity index (χ3n) is 2.78. The zero-order valence-electron chi connectivity index (χ0n) is 10.4. The summed E-state index contributed by atoms with van der Waals surface area (Å²) in [6.45, 7) is 0. The van der Waals surface area contributed by atoms with Gasteiger partial charge in [-0.3, -0.25) is 10.1 Å². The highest BCUT2D eigenvalue weighted by Crippen LogP contribution is 2.30. The molecule has 0 spiro atoms. The lowest BCUT2D eigenvalue weighted by Crippen LogP contribution is -2.11. The molecule has 1 N–H and O–H groups in total. The van der Waals surface area contributed by atoms with Gasteiger partial charge >= 0.3 is 0 Å². The molecule has 7 heteroatoms. The minimum atomic E-state index is -1.58. The molecular formula is C14H7F3N2OS. The van der Waals surface area contributed by atoms with Crippen molar-refractivity contribution in [3.05, 3.63) is 59.4 Å². The second-order valence-electron chi connectivity index (χ2n) is 4.17. The molecular weight excluding hydrogens is 301 g/mol. The highest BCUT2D eigenvalue weighted by Gasteiger charge is 2.18. The maximum absolute atomic E-state index is 13.5. The summed E-state index contributed by atoms with van der Waals surface area (Å²) in [5, 5.41) is 2.54. The number of fused-ring (bicyclic) bond motifs is 1. The first-order chi connectivity index (χ1) is 10.1. The van der Waals surface area contributed by atoms with Gasteiger partial charge < -0.3 is 0 Å². The largest absolute Gasteiger partial charge is 0.298 e. The lowest BCUT2D eigenvalue weighted by molar-refractivity contribution is 0.102. The molecule has 0 fully saturated rings. The van der Waals surface area contributed by atoms with Crippen molar-refractivity contribution in [2.24, 2.45) is 0 Å². The standard InChI is InChI=1S/C14H7F3N2OS/c15-8-6-9-12(11(17)10(8)16)18-14(21-9)19-13(20)7-4-2-1-3-5-7/h1-6H,(H,18,19,20). The van der Waals surface area contributed by atoms with Crippen molar-refractivity contribution >= 4 is 32.6 Å². The molecule has 1 amide bonds. The van der Waals surface area contributed by atoms with E-state index in [4.69, 9.17) is 0 Å². The number of hydrogen-bond acceptors (Lipinski definition) is 3. The monoisotopic (exact) mass is 308 g/mol. The molecule has 0 atom stereocenters. The van der Waals surface area contributed by atoms with Gasteiger partial charge in [-0.1, -0.05) is 29.5 Å². The molecule has 0 bridgehead atoms. The molecule has 0 aliphatic carbocycles. The summed E-state index contributed by atoms with van der Waals surface area (Å²) >= 11 is 0.868. The zero-order valence-corrected chi connectivity index (χ0v) is 11.2. The van der Waals surface area contributed by atoms with Crippen LogP contribution in [0.15, 0.2) is 36.4 Å². The zero-order chi connectivity index (χ0) is 15.0. The maximum Gasteiger partial charge on any atom is 0.257 e. The number of thiazole rings is 1. The summed E-state index contributed by atoms with van der Waals surface area (Å²) in [6.07, 6.45) is 0. The van der Waals surface area contributed by atoms with E-state index in [9.17, 15) is 18.0 Å². The molecule has 106 valence electrons. The fraction of sp³-hybridized carbons (Fsp3) is 0. The fourth-order valence-electron chi connectivity index (χ4n) is 1.79. The minimum absolute atomic E-state index is 0.0720. The van der Waals surface area contributed by atoms with Gasteiger partial charge in [0.15, 0.2) is 22.6 Å². The second kappa shape index (κ2) is 5.17. The van der Waals surface area contributed by atoms with Gasteiger partial charge in [-0.05, 0) is 18.2 Å². The van der Waals surface area contributed by atoms with Crippen LogP contribution in [0.1, 0.15) is 10.4 Å². The number of benzene rings is 2. The smallest absolute Gasteiger partial charge is 0.257 e. The van der Waals surface area contributed by atoms with E-state index in [2.05, 4.69) is 10.3 Å². The molecule has 0 radical (unpaired) electrons. The Morgan fingerprint density at radius 1 is 1.10 bits per heavy atom. The van der Waals surface area contributed by atoms with E-state index in [-0.39, 0.29) is 15.3 Å². The molecule has 0 aliphatic heterocycles.